The SMILES string of the molecule is O=C(CCS(=O)(=O)c1ccccc1)NCC#CCOc1cccc2ccccc12. The minimum absolute atomic E-state index is 0.106. The van der Waals surface area contributed by atoms with E-state index in [1.807, 2.05) is 42.5 Å². The monoisotopic (exact) mass is 407 g/mol. The summed E-state index contributed by atoms with van der Waals surface area (Å²) >= 11 is 0. The van der Waals surface area contributed by atoms with Gasteiger partial charge in [0.1, 0.15) is 12.4 Å². The highest BCUT2D eigenvalue weighted by atomic mass is 32.2. The van der Waals surface area contributed by atoms with E-state index in [9.17, 15) is 13.2 Å². The van der Waals surface area contributed by atoms with Crippen molar-refractivity contribution in [2.24, 2.45) is 0 Å². The van der Waals surface area contributed by atoms with Crippen LogP contribution < -0.4 is 10.1 Å². The molecule has 0 fully saturated rings. The van der Waals surface area contributed by atoms with Crippen LogP contribution in [0.3, 0.4) is 0 Å². The third-order valence-corrected chi connectivity index (χ3v) is 5.98. The van der Waals surface area contributed by atoms with E-state index in [1.165, 1.54) is 12.1 Å². The number of hydrogen-bond acceptors (Lipinski definition) is 4. The molecule has 0 aliphatic heterocycles. The first-order valence-corrected chi connectivity index (χ1v) is 10.8. The zero-order valence-electron chi connectivity index (χ0n) is 15.8. The molecule has 0 aliphatic rings. The molecule has 3 rings (SSSR count). The van der Waals surface area contributed by atoms with E-state index >= 15 is 0 Å². The van der Waals surface area contributed by atoms with Crippen molar-refractivity contribution in [1.29, 1.82) is 0 Å². The molecule has 0 heterocycles. The molecule has 0 aromatic heterocycles. The van der Waals surface area contributed by atoms with Gasteiger partial charge in [-0.2, -0.15) is 0 Å². The van der Waals surface area contributed by atoms with Gasteiger partial charge in [-0.3, -0.25) is 4.79 Å². The average Bonchev–Trinajstić information content (AvgIpc) is 2.75. The van der Waals surface area contributed by atoms with Gasteiger partial charge in [-0.15, -0.1) is 0 Å². The number of ether oxygens (including phenoxy) is 1. The van der Waals surface area contributed by atoms with Crippen molar-refractivity contribution in [2.75, 3.05) is 18.9 Å². The van der Waals surface area contributed by atoms with Gasteiger partial charge in [-0.25, -0.2) is 8.42 Å². The number of amides is 1. The number of carbonyl (C=O) groups excluding carboxylic acids is 1. The number of hydrogen-bond donors (Lipinski definition) is 1. The number of rotatable bonds is 7. The van der Waals surface area contributed by atoms with Crippen LogP contribution in [0.2, 0.25) is 0 Å². The normalized spacial score (nSPS) is 10.8. The molecule has 3 aromatic carbocycles. The maximum Gasteiger partial charge on any atom is 0.221 e. The van der Waals surface area contributed by atoms with Gasteiger partial charge in [0.15, 0.2) is 9.84 Å². The molecule has 148 valence electrons. The lowest BCUT2D eigenvalue weighted by molar-refractivity contribution is -0.120. The molecular formula is C23H21NO4S. The van der Waals surface area contributed by atoms with Crippen LogP contribution in [-0.4, -0.2) is 33.2 Å². The summed E-state index contributed by atoms with van der Waals surface area (Å²) in [5, 5.41) is 4.71. The quantitative estimate of drug-likeness (QED) is 0.611. The van der Waals surface area contributed by atoms with Crippen LogP contribution in [-0.2, 0) is 14.6 Å². The third-order valence-electron chi connectivity index (χ3n) is 4.25. The summed E-state index contributed by atoms with van der Waals surface area (Å²) in [4.78, 5) is 12.1. The van der Waals surface area contributed by atoms with Crippen LogP contribution in [0.1, 0.15) is 6.42 Å². The summed E-state index contributed by atoms with van der Waals surface area (Å²) in [6.07, 6.45) is -0.106. The van der Waals surface area contributed by atoms with E-state index in [1.54, 1.807) is 18.2 Å². The predicted molar refractivity (Wildman–Crippen MR) is 113 cm³/mol. The van der Waals surface area contributed by atoms with E-state index in [-0.39, 0.29) is 36.1 Å². The molecule has 0 bridgehead atoms. The fourth-order valence-corrected chi connectivity index (χ4v) is 4.01. The Labute approximate surface area is 170 Å². The Bertz CT molecular complexity index is 1140. The van der Waals surface area contributed by atoms with Gasteiger partial charge < -0.3 is 10.1 Å². The van der Waals surface area contributed by atoms with Crippen molar-refractivity contribution < 1.29 is 17.9 Å². The maximum absolute atomic E-state index is 12.2. The van der Waals surface area contributed by atoms with E-state index in [0.29, 0.717) is 0 Å². The van der Waals surface area contributed by atoms with Gasteiger partial charge >= 0.3 is 0 Å². The van der Waals surface area contributed by atoms with E-state index in [0.717, 1.165) is 16.5 Å². The lowest BCUT2D eigenvalue weighted by atomic mass is 10.1. The molecule has 0 aliphatic carbocycles. The minimum Gasteiger partial charge on any atom is -0.480 e. The Kier molecular flexibility index (Phi) is 6.88. The second kappa shape index (κ2) is 9.76. The topological polar surface area (TPSA) is 72.5 Å². The molecule has 0 saturated heterocycles. The summed E-state index contributed by atoms with van der Waals surface area (Å²) in [5.74, 6) is 5.82. The summed E-state index contributed by atoms with van der Waals surface area (Å²) < 4.78 is 30.0. The van der Waals surface area contributed by atoms with Gasteiger partial charge in [-0.05, 0) is 23.6 Å². The molecule has 0 unspecified atom stereocenters. The van der Waals surface area contributed by atoms with Gasteiger partial charge in [0, 0.05) is 11.8 Å². The highest BCUT2D eigenvalue weighted by Crippen LogP contribution is 2.24. The standard InChI is InChI=1S/C23H21NO4S/c25-23(15-18-29(26,27)20-11-2-1-3-12-20)24-16-6-7-17-28-22-14-8-10-19-9-4-5-13-21(19)22/h1-5,8-14H,15-18H2,(H,24,25). The smallest absolute Gasteiger partial charge is 0.221 e. The number of nitrogens with one attached hydrogen (secondary N) is 1. The largest absolute Gasteiger partial charge is 0.480 e. The highest BCUT2D eigenvalue weighted by Gasteiger charge is 2.15. The van der Waals surface area contributed by atoms with E-state index < -0.39 is 9.84 Å². The zero-order valence-corrected chi connectivity index (χ0v) is 16.6. The van der Waals surface area contributed by atoms with Crippen LogP contribution in [0.15, 0.2) is 77.7 Å². The van der Waals surface area contributed by atoms with Crippen LogP contribution in [0.5, 0.6) is 5.75 Å². The number of benzene rings is 3. The Morgan fingerprint density at radius 2 is 1.62 bits per heavy atom. The van der Waals surface area contributed by atoms with Crippen molar-refractivity contribution in [1.82, 2.24) is 5.32 Å². The maximum atomic E-state index is 12.2. The number of carbonyl (C=O) groups is 1. The van der Waals surface area contributed by atoms with E-state index in [4.69, 9.17) is 4.74 Å². The lowest BCUT2D eigenvalue weighted by Gasteiger charge is -2.06. The van der Waals surface area contributed by atoms with Crippen molar-refractivity contribution in [3.63, 3.8) is 0 Å². The van der Waals surface area contributed by atoms with Gasteiger partial charge in [0.25, 0.3) is 0 Å². The van der Waals surface area contributed by atoms with Crippen molar-refractivity contribution in [3.8, 4) is 17.6 Å². The van der Waals surface area contributed by atoms with Crippen LogP contribution in [0, 0.1) is 11.8 Å². The molecular weight excluding hydrogens is 386 g/mol. The summed E-state index contributed by atoms with van der Waals surface area (Å²) in [6, 6.07) is 21.9. The number of fused-ring (bicyclic) bond motifs is 1. The molecule has 6 heteroatoms. The van der Waals surface area contributed by atoms with Crippen molar-refractivity contribution in [3.05, 3.63) is 72.8 Å². The Morgan fingerprint density at radius 3 is 2.45 bits per heavy atom. The average molecular weight is 407 g/mol. The van der Waals surface area contributed by atoms with Crippen LogP contribution in [0.4, 0.5) is 0 Å². The van der Waals surface area contributed by atoms with Crippen molar-refractivity contribution >= 4 is 26.5 Å². The van der Waals surface area contributed by atoms with Gasteiger partial charge in [0.2, 0.25) is 5.91 Å². The molecule has 0 spiro atoms. The third kappa shape index (κ3) is 5.84. The fraction of sp³-hybridized carbons (Fsp3) is 0.174. The molecule has 3 aromatic rings. The molecule has 0 atom stereocenters. The first kappa shape index (κ1) is 20.4. The molecule has 1 N–H and O–H groups in total. The first-order chi connectivity index (χ1) is 14.1. The van der Waals surface area contributed by atoms with Gasteiger partial charge in [-0.1, -0.05) is 66.4 Å². The van der Waals surface area contributed by atoms with Crippen molar-refractivity contribution in [2.45, 2.75) is 11.3 Å². The highest BCUT2D eigenvalue weighted by molar-refractivity contribution is 7.91. The second-order valence-corrected chi connectivity index (χ2v) is 8.39. The first-order valence-electron chi connectivity index (χ1n) is 9.17. The summed E-state index contributed by atoms with van der Waals surface area (Å²) in [7, 11) is -3.46. The molecule has 0 radical (unpaired) electrons. The second-order valence-electron chi connectivity index (χ2n) is 6.28. The van der Waals surface area contributed by atoms with Gasteiger partial charge in [0.05, 0.1) is 17.2 Å². The number of sulfone groups is 1. The molecule has 0 saturated carbocycles. The molecule has 29 heavy (non-hydrogen) atoms. The molecule has 5 nitrogen and oxygen atoms in total. The Hall–Kier alpha value is -3.30. The zero-order chi connectivity index (χ0) is 20.5. The molecule has 1 amide bonds. The fourth-order valence-electron chi connectivity index (χ4n) is 2.75. The van der Waals surface area contributed by atoms with Crippen LogP contribution >= 0.6 is 0 Å². The predicted octanol–water partition coefficient (Wildman–Crippen LogP) is 3.20. The Morgan fingerprint density at radius 1 is 0.897 bits per heavy atom. The summed E-state index contributed by atoms with van der Waals surface area (Å²) in [5.41, 5.74) is 0. The Balaban J connectivity index is 1.41. The summed E-state index contributed by atoms with van der Waals surface area (Å²) in [6.45, 7) is 0.343. The van der Waals surface area contributed by atoms with E-state index in [2.05, 4.69) is 17.2 Å². The van der Waals surface area contributed by atoms with Crippen LogP contribution in [0.25, 0.3) is 10.8 Å². The lowest BCUT2D eigenvalue weighted by Crippen LogP contribution is -2.26. The minimum atomic E-state index is -3.46.